The standard InChI is InChI=1S/C12H15NO4S/c1-3-8(2)7-18-9-4-5-11(13(16)17)10(6-9)12(14)15/h4-6,8H,3,7H2,1-2H3,(H,14,15). The first-order valence-electron chi connectivity index (χ1n) is 5.60. The van der Waals surface area contributed by atoms with Crippen LogP contribution in [0.15, 0.2) is 23.1 Å². The Morgan fingerprint density at radius 1 is 1.56 bits per heavy atom. The van der Waals surface area contributed by atoms with E-state index in [1.54, 1.807) is 6.07 Å². The number of thioether (sulfide) groups is 1. The molecule has 0 bridgehead atoms. The van der Waals surface area contributed by atoms with Crippen LogP contribution >= 0.6 is 11.8 Å². The molecule has 1 rings (SSSR count). The van der Waals surface area contributed by atoms with Crippen LogP contribution in [0, 0.1) is 16.0 Å². The van der Waals surface area contributed by atoms with Gasteiger partial charge in [-0.15, -0.1) is 11.8 Å². The van der Waals surface area contributed by atoms with Gasteiger partial charge in [0.05, 0.1) is 4.92 Å². The number of nitro groups is 1. The summed E-state index contributed by atoms with van der Waals surface area (Å²) in [4.78, 5) is 21.7. The zero-order valence-corrected chi connectivity index (χ0v) is 11.1. The van der Waals surface area contributed by atoms with Gasteiger partial charge in [0, 0.05) is 16.7 Å². The second-order valence-corrected chi connectivity index (χ2v) is 5.16. The summed E-state index contributed by atoms with van der Waals surface area (Å²) in [5.74, 6) is 0.124. The monoisotopic (exact) mass is 269 g/mol. The Morgan fingerprint density at radius 3 is 2.72 bits per heavy atom. The fourth-order valence-corrected chi connectivity index (χ4v) is 2.37. The van der Waals surface area contributed by atoms with E-state index in [0.717, 1.165) is 17.1 Å². The maximum absolute atomic E-state index is 11.0. The lowest BCUT2D eigenvalue weighted by Crippen LogP contribution is -2.03. The van der Waals surface area contributed by atoms with Gasteiger partial charge < -0.3 is 5.11 Å². The van der Waals surface area contributed by atoms with Crippen LogP contribution in [0.5, 0.6) is 0 Å². The van der Waals surface area contributed by atoms with E-state index in [-0.39, 0.29) is 11.3 Å². The van der Waals surface area contributed by atoms with E-state index in [2.05, 4.69) is 13.8 Å². The molecular weight excluding hydrogens is 254 g/mol. The molecule has 0 aromatic heterocycles. The van der Waals surface area contributed by atoms with E-state index in [9.17, 15) is 14.9 Å². The third-order valence-corrected chi connectivity index (χ3v) is 3.95. The molecule has 18 heavy (non-hydrogen) atoms. The molecule has 1 aromatic rings. The Labute approximate surface area is 109 Å². The number of nitro benzene ring substituents is 1. The van der Waals surface area contributed by atoms with Crippen LogP contribution in [0.1, 0.15) is 30.6 Å². The van der Waals surface area contributed by atoms with Crippen molar-refractivity contribution in [1.82, 2.24) is 0 Å². The second-order valence-electron chi connectivity index (χ2n) is 4.07. The van der Waals surface area contributed by atoms with Crippen LogP contribution in [0.25, 0.3) is 0 Å². The van der Waals surface area contributed by atoms with Crippen molar-refractivity contribution in [1.29, 1.82) is 0 Å². The summed E-state index contributed by atoms with van der Waals surface area (Å²) < 4.78 is 0. The summed E-state index contributed by atoms with van der Waals surface area (Å²) >= 11 is 1.52. The minimum Gasteiger partial charge on any atom is -0.477 e. The summed E-state index contributed by atoms with van der Waals surface area (Å²) in [7, 11) is 0. The average molecular weight is 269 g/mol. The predicted octanol–water partition coefficient (Wildman–Crippen LogP) is 3.43. The molecule has 0 aliphatic rings. The van der Waals surface area contributed by atoms with E-state index < -0.39 is 10.9 Å². The van der Waals surface area contributed by atoms with Gasteiger partial charge in [-0.25, -0.2) is 4.79 Å². The number of hydrogen-bond donors (Lipinski definition) is 1. The number of nitrogens with zero attached hydrogens (tertiary/aromatic N) is 1. The smallest absolute Gasteiger partial charge is 0.342 e. The van der Waals surface area contributed by atoms with Crippen molar-refractivity contribution in [3.8, 4) is 0 Å². The highest BCUT2D eigenvalue weighted by Gasteiger charge is 2.20. The van der Waals surface area contributed by atoms with Gasteiger partial charge in [-0.1, -0.05) is 20.3 Å². The van der Waals surface area contributed by atoms with E-state index in [4.69, 9.17) is 5.11 Å². The zero-order chi connectivity index (χ0) is 13.7. The topological polar surface area (TPSA) is 80.4 Å². The molecule has 1 aromatic carbocycles. The first-order chi connectivity index (χ1) is 8.45. The number of carbonyl (C=O) groups is 1. The van der Waals surface area contributed by atoms with E-state index in [0.29, 0.717) is 5.92 Å². The molecule has 0 radical (unpaired) electrons. The first kappa shape index (κ1) is 14.5. The van der Waals surface area contributed by atoms with Crippen LogP contribution in [0.2, 0.25) is 0 Å². The maximum atomic E-state index is 11.0. The van der Waals surface area contributed by atoms with Crippen molar-refractivity contribution in [2.75, 3.05) is 5.75 Å². The Bertz CT molecular complexity index is 461. The fourth-order valence-electron chi connectivity index (χ4n) is 1.29. The predicted molar refractivity (Wildman–Crippen MR) is 70.2 cm³/mol. The van der Waals surface area contributed by atoms with Gasteiger partial charge in [0.15, 0.2) is 0 Å². The highest BCUT2D eigenvalue weighted by molar-refractivity contribution is 7.99. The van der Waals surface area contributed by atoms with Gasteiger partial charge in [0.1, 0.15) is 5.56 Å². The molecule has 1 unspecified atom stereocenters. The van der Waals surface area contributed by atoms with E-state index >= 15 is 0 Å². The maximum Gasteiger partial charge on any atom is 0.342 e. The molecule has 0 spiro atoms. The van der Waals surface area contributed by atoms with Crippen molar-refractivity contribution in [2.45, 2.75) is 25.2 Å². The largest absolute Gasteiger partial charge is 0.477 e. The van der Waals surface area contributed by atoms with E-state index in [1.807, 2.05) is 0 Å². The molecule has 98 valence electrons. The quantitative estimate of drug-likeness (QED) is 0.486. The molecule has 0 saturated heterocycles. The van der Waals surface area contributed by atoms with Crippen LogP contribution in [-0.4, -0.2) is 21.8 Å². The Balaban J connectivity index is 2.93. The van der Waals surface area contributed by atoms with Crippen molar-refractivity contribution in [2.24, 2.45) is 5.92 Å². The molecule has 0 amide bonds. The summed E-state index contributed by atoms with van der Waals surface area (Å²) in [6, 6.07) is 4.22. The van der Waals surface area contributed by atoms with E-state index in [1.165, 1.54) is 23.9 Å². The number of carboxylic acids is 1. The van der Waals surface area contributed by atoms with Crippen LogP contribution in [-0.2, 0) is 0 Å². The van der Waals surface area contributed by atoms with Crippen LogP contribution in [0.4, 0.5) is 5.69 Å². The Kier molecular flexibility index (Phi) is 5.15. The van der Waals surface area contributed by atoms with Gasteiger partial charge in [-0.3, -0.25) is 10.1 Å². The highest BCUT2D eigenvalue weighted by Crippen LogP contribution is 2.27. The normalized spacial score (nSPS) is 12.1. The molecule has 0 aliphatic carbocycles. The lowest BCUT2D eigenvalue weighted by Gasteiger charge is -2.08. The van der Waals surface area contributed by atoms with Crippen molar-refractivity contribution in [3.05, 3.63) is 33.9 Å². The lowest BCUT2D eigenvalue weighted by molar-refractivity contribution is -0.385. The van der Waals surface area contributed by atoms with Gasteiger partial charge in [0.25, 0.3) is 5.69 Å². The molecule has 6 heteroatoms. The van der Waals surface area contributed by atoms with Crippen molar-refractivity contribution in [3.63, 3.8) is 0 Å². The summed E-state index contributed by atoms with van der Waals surface area (Å²) in [5, 5.41) is 19.6. The molecule has 0 saturated carbocycles. The molecular formula is C12H15NO4S. The first-order valence-corrected chi connectivity index (χ1v) is 6.58. The van der Waals surface area contributed by atoms with Gasteiger partial charge in [-0.2, -0.15) is 0 Å². The number of aromatic carboxylic acids is 1. The summed E-state index contributed by atoms with van der Waals surface area (Å²) in [5.41, 5.74) is -0.621. The number of benzene rings is 1. The minimum absolute atomic E-state index is 0.255. The van der Waals surface area contributed by atoms with Gasteiger partial charge in [-0.05, 0) is 18.1 Å². The number of hydrogen-bond acceptors (Lipinski definition) is 4. The molecule has 0 fully saturated rings. The second kappa shape index (κ2) is 6.39. The molecule has 0 aliphatic heterocycles. The Hall–Kier alpha value is -1.56. The SMILES string of the molecule is CCC(C)CSc1ccc([N+](=O)[O-])c(C(=O)O)c1. The molecule has 1 atom stereocenters. The highest BCUT2D eigenvalue weighted by atomic mass is 32.2. The van der Waals surface area contributed by atoms with Crippen LogP contribution in [0.3, 0.4) is 0 Å². The number of carboxylic acid groups (broad SMARTS) is 1. The third-order valence-electron chi connectivity index (χ3n) is 2.63. The van der Waals surface area contributed by atoms with Gasteiger partial charge >= 0.3 is 5.97 Å². The van der Waals surface area contributed by atoms with Crippen LogP contribution < -0.4 is 0 Å². The average Bonchev–Trinajstić information content (AvgIpc) is 2.35. The number of rotatable bonds is 6. The van der Waals surface area contributed by atoms with Crippen molar-refractivity contribution < 1.29 is 14.8 Å². The lowest BCUT2D eigenvalue weighted by atomic mass is 10.2. The molecule has 0 heterocycles. The fraction of sp³-hybridized carbons (Fsp3) is 0.417. The molecule has 5 nitrogen and oxygen atoms in total. The zero-order valence-electron chi connectivity index (χ0n) is 10.3. The third kappa shape index (κ3) is 3.73. The van der Waals surface area contributed by atoms with Gasteiger partial charge in [0.2, 0.25) is 0 Å². The molecule has 1 N–H and O–H groups in total. The van der Waals surface area contributed by atoms with Crippen molar-refractivity contribution >= 4 is 23.4 Å². The summed E-state index contributed by atoms with van der Waals surface area (Å²) in [6.07, 6.45) is 1.05. The minimum atomic E-state index is -1.27. The summed E-state index contributed by atoms with van der Waals surface area (Å²) in [6.45, 7) is 4.19. The Morgan fingerprint density at radius 2 is 2.22 bits per heavy atom.